The topological polar surface area (TPSA) is 66.8 Å². The van der Waals surface area contributed by atoms with Gasteiger partial charge in [0.1, 0.15) is 24.1 Å². The summed E-state index contributed by atoms with van der Waals surface area (Å²) >= 11 is 9.58. The van der Waals surface area contributed by atoms with Gasteiger partial charge in [0.25, 0.3) is 5.91 Å². The van der Waals surface area contributed by atoms with Crippen LogP contribution in [0.25, 0.3) is 0 Å². The molecule has 4 rings (SSSR count). The molecule has 1 N–H and O–H groups in total. The lowest BCUT2D eigenvalue weighted by atomic mass is 9.88. The van der Waals surface area contributed by atoms with Gasteiger partial charge in [-0.15, -0.1) is 0 Å². The molecular formula is C28H26BrClFNO4. The van der Waals surface area contributed by atoms with Crippen molar-refractivity contribution in [3.8, 4) is 0 Å². The molecular weight excluding hydrogens is 549 g/mol. The number of carbonyl (C=O) groups is 2. The number of halogens is 3. The molecule has 4 atom stereocenters. The summed E-state index contributed by atoms with van der Waals surface area (Å²) in [7, 11) is 0. The van der Waals surface area contributed by atoms with Gasteiger partial charge in [-0.3, -0.25) is 4.79 Å². The van der Waals surface area contributed by atoms with Crippen LogP contribution in [0.15, 0.2) is 77.3 Å². The second kappa shape index (κ2) is 11.5. The Morgan fingerprint density at radius 1 is 1.06 bits per heavy atom. The zero-order valence-corrected chi connectivity index (χ0v) is 22.0. The van der Waals surface area contributed by atoms with E-state index < -0.39 is 36.2 Å². The van der Waals surface area contributed by atoms with E-state index in [-0.39, 0.29) is 12.2 Å². The zero-order chi connectivity index (χ0) is 25.8. The van der Waals surface area contributed by atoms with E-state index in [1.165, 1.54) is 17.0 Å². The molecule has 1 aliphatic rings. The Labute approximate surface area is 223 Å². The predicted octanol–water partition coefficient (Wildman–Crippen LogP) is 6.75. The molecule has 3 aromatic carbocycles. The standard InChI is InChI=1S/C28H26BrClFNO4/c1-2-3-23(28(34)35)32-25(18-6-10-20(29)11-7-18)26(19-8-12-21(30)13-9-19)36-24(27(32)33)16-17-4-14-22(31)15-5-17/h4-15,23-26H,2-3,16H2,1H3,(H,34,35)/t23-,24-,25+,26-/m1/s1. The maximum absolute atomic E-state index is 13.9. The third-order valence-electron chi connectivity index (χ3n) is 6.35. The molecule has 0 radical (unpaired) electrons. The van der Waals surface area contributed by atoms with Gasteiger partial charge in [0.05, 0.1) is 6.04 Å². The average molecular weight is 575 g/mol. The van der Waals surface area contributed by atoms with Gasteiger partial charge >= 0.3 is 5.97 Å². The van der Waals surface area contributed by atoms with Gasteiger partial charge in [0.2, 0.25) is 0 Å². The zero-order valence-electron chi connectivity index (χ0n) is 19.6. The number of carbonyl (C=O) groups excluding carboxylic acids is 1. The van der Waals surface area contributed by atoms with Crippen LogP contribution in [0, 0.1) is 5.82 Å². The summed E-state index contributed by atoms with van der Waals surface area (Å²) in [5, 5.41) is 10.7. The number of carboxylic acid groups (broad SMARTS) is 1. The fourth-order valence-electron chi connectivity index (χ4n) is 4.64. The Kier molecular flexibility index (Phi) is 8.44. The first-order chi connectivity index (χ1) is 17.3. The van der Waals surface area contributed by atoms with Gasteiger partial charge in [-0.2, -0.15) is 0 Å². The molecule has 1 heterocycles. The van der Waals surface area contributed by atoms with Gasteiger partial charge in [0, 0.05) is 15.9 Å². The molecule has 3 aromatic rings. The maximum Gasteiger partial charge on any atom is 0.326 e. The lowest BCUT2D eigenvalue weighted by molar-refractivity contribution is -0.184. The van der Waals surface area contributed by atoms with Crippen LogP contribution in [0.3, 0.4) is 0 Å². The van der Waals surface area contributed by atoms with Crippen LogP contribution in [0.4, 0.5) is 4.39 Å². The van der Waals surface area contributed by atoms with E-state index in [0.717, 1.165) is 15.6 Å². The predicted molar refractivity (Wildman–Crippen MR) is 139 cm³/mol. The summed E-state index contributed by atoms with van der Waals surface area (Å²) in [6.07, 6.45) is -0.523. The highest BCUT2D eigenvalue weighted by Crippen LogP contribution is 2.44. The third-order valence-corrected chi connectivity index (χ3v) is 7.14. The number of amides is 1. The minimum absolute atomic E-state index is 0.186. The molecule has 188 valence electrons. The number of aliphatic carboxylic acids is 1. The Hall–Kier alpha value is -2.74. The molecule has 0 unspecified atom stereocenters. The molecule has 5 nitrogen and oxygen atoms in total. The summed E-state index contributed by atoms with van der Waals surface area (Å²) in [4.78, 5) is 27.9. The van der Waals surface area contributed by atoms with E-state index in [1.807, 2.05) is 43.3 Å². The number of carboxylic acids is 1. The molecule has 0 bridgehead atoms. The fraction of sp³-hybridized carbons (Fsp3) is 0.286. The fourth-order valence-corrected chi connectivity index (χ4v) is 5.03. The summed E-state index contributed by atoms with van der Waals surface area (Å²) in [5.41, 5.74) is 2.25. The van der Waals surface area contributed by atoms with Crippen molar-refractivity contribution in [2.24, 2.45) is 0 Å². The first-order valence-electron chi connectivity index (χ1n) is 11.7. The normalized spacial score (nSPS) is 20.8. The monoisotopic (exact) mass is 573 g/mol. The van der Waals surface area contributed by atoms with Gasteiger partial charge < -0.3 is 14.7 Å². The highest BCUT2D eigenvalue weighted by Gasteiger charge is 2.48. The Balaban J connectivity index is 1.84. The molecule has 0 aliphatic carbocycles. The van der Waals surface area contributed by atoms with E-state index in [1.54, 1.807) is 24.3 Å². The molecule has 0 spiro atoms. The number of ether oxygens (including phenoxy) is 1. The SMILES string of the molecule is CCC[C@H](C(=O)O)N1C(=O)[C@@H](Cc2ccc(F)cc2)O[C@H](c2ccc(Cl)cc2)[C@@H]1c1ccc(Br)cc1. The molecule has 0 saturated carbocycles. The Bertz CT molecular complexity index is 1200. The van der Waals surface area contributed by atoms with Crippen molar-refractivity contribution >= 4 is 39.4 Å². The van der Waals surface area contributed by atoms with Crippen LogP contribution in [0.5, 0.6) is 0 Å². The van der Waals surface area contributed by atoms with Crippen LogP contribution in [0.2, 0.25) is 5.02 Å². The highest BCUT2D eigenvalue weighted by atomic mass is 79.9. The van der Waals surface area contributed by atoms with Crippen LogP contribution >= 0.6 is 27.5 Å². The van der Waals surface area contributed by atoms with Crippen LogP contribution in [-0.4, -0.2) is 34.0 Å². The number of rotatable bonds is 8. The van der Waals surface area contributed by atoms with Gasteiger partial charge in [0.15, 0.2) is 0 Å². The number of nitrogens with zero attached hydrogens (tertiary/aromatic N) is 1. The van der Waals surface area contributed by atoms with E-state index in [9.17, 15) is 19.1 Å². The van der Waals surface area contributed by atoms with Crippen molar-refractivity contribution < 1.29 is 23.8 Å². The molecule has 0 aromatic heterocycles. The lowest BCUT2D eigenvalue weighted by Crippen LogP contribution is -2.57. The van der Waals surface area contributed by atoms with Crippen molar-refractivity contribution in [3.05, 3.63) is 105 Å². The van der Waals surface area contributed by atoms with Crippen LogP contribution < -0.4 is 0 Å². The molecule has 1 saturated heterocycles. The van der Waals surface area contributed by atoms with Crippen molar-refractivity contribution in [1.82, 2.24) is 4.90 Å². The summed E-state index contributed by atoms with van der Waals surface area (Å²) in [6, 6.07) is 18.8. The molecule has 1 aliphatic heterocycles. The van der Waals surface area contributed by atoms with Gasteiger partial charge in [-0.1, -0.05) is 77.3 Å². The third kappa shape index (κ3) is 5.80. The minimum atomic E-state index is -1.07. The average Bonchev–Trinajstić information content (AvgIpc) is 2.86. The van der Waals surface area contributed by atoms with Crippen molar-refractivity contribution in [3.63, 3.8) is 0 Å². The number of hydrogen-bond acceptors (Lipinski definition) is 3. The summed E-state index contributed by atoms with van der Waals surface area (Å²) in [6.45, 7) is 1.89. The number of hydrogen-bond donors (Lipinski definition) is 1. The van der Waals surface area contributed by atoms with Crippen LogP contribution in [-0.2, 0) is 20.7 Å². The van der Waals surface area contributed by atoms with E-state index in [4.69, 9.17) is 16.3 Å². The minimum Gasteiger partial charge on any atom is -0.480 e. The van der Waals surface area contributed by atoms with Crippen molar-refractivity contribution in [2.75, 3.05) is 0 Å². The molecule has 1 fully saturated rings. The largest absolute Gasteiger partial charge is 0.480 e. The second-order valence-electron chi connectivity index (χ2n) is 8.81. The molecule has 36 heavy (non-hydrogen) atoms. The number of morpholine rings is 1. The highest BCUT2D eigenvalue weighted by molar-refractivity contribution is 9.10. The molecule has 1 amide bonds. The lowest BCUT2D eigenvalue weighted by Gasteiger charge is -2.47. The van der Waals surface area contributed by atoms with E-state index >= 15 is 0 Å². The molecule has 8 heteroatoms. The number of benzene rings is 3. The van der Waals surface area contributed by atoms with Gasteiger partial charge in [-0.25, -0.2) is 9.18 Å². The van der Waals surface area contributed by atoms with E-state index in [0.29, 0.717) is 23.4 Å². The summed E-state index contributed by atoms with van der Waals surface area (Å²) in [5.74, 6) is -1.84. The van der Waals surface area contributed by atoms with E-state index in [2.05, 4.69) is 15.9 Å². The first-order valence-corrected chi connectivity index (χ1v) is 12.9. The Morgan fingerprint density at radius 3 is 2.25 bits per heavy atom. The Morgan fingerprint density at radius 2 is 1.67 bits per heavy atom. The van der Waals surface area contributed by atoms with Crippen molar-refractivity contribution in [2.45, 2.75) is 50.5 Å². The second-order valence-corrected chi connectivity index (χ2v) is 10.2. The smallest absolute Gasteiger partial charge is 0.326 e. The van der Waals surface area contributed by atoms with Gasteiger partial charge in [-0.05, 0) is 59.5 Å². The first kappa shape index (κ1) is 26.3. The van der Waals surface area contributed by atoms with Crippen LogP contribution in [0.1, 0.15) is 48.6 Å². The summed E-state index contributed by atoms with van der Waals surface area (Å²) < 4.78 is 20.8. The van der Waals surface area contributed by atoms with Crippen molar-refractivity contribution in [1.29, 1.82) is 0 Å². The maximum atomic E-state index is 13.9. The quantitative estimate of drug-likeness (QED) is 0.323.